The molecule has 0 saturated carbocycles. The van der Waals surface area contributed by atoms with Crippen molar-refractivity contribution in [2.24, 2.45) is 0 Å². The maximum Gasteiger partial charge on any atom is 0.251 e. The first-order chi connectivity index (χ1) is 10.2. The summed E-state index contributed by atoms with van der Waals surface area (Å²) in [4.78, 5) is 11.8. The van der Waals surface area contributed by atoms with Crippen LogP contribution in [0.2, 0.25) is 4.34 Å². The molecule has 0 bridgehead atoms. The molecule has 0 unspecified atom stereocenters. The minimum Gasteiger partial charge on any atom is -0.396 e. The summed E-state index contributed by atoms with van der Waals surface area (Å²) in [6, 6.07) is 7.10. The lowest BCUT2D eigenvalue weighted by Gasteiger charge is -2.07. The second-order valence-corrected chi connectivity index (χ2v) is 5.61. The van der Waals surface area contributed by atoms with Crippen LogP contribution in [-0.2, 0) is 6.54 Å². The summed E-state index contributed by atoms with van der Waals surface area (Å²) in [7, 11) is 0. The number of carbonyl (C=O) groups is 1. The predicted molar refractivity (Wildman–Crippen MR) is 82.7 cm³/mol. The largest absolute Gasteiger partial charge is 0.396 e. The molecule has 0 aliphatic carbocycles. The highest BCUT2D eigenvalue weighted by Crippen LogP contribution is 2.18. The minimum atomic E-state index is -0.151. The first-order valence-electron chi connectivity index (χ1n) is 6.40. The van der Waals surface area contributed by atoms with Gasteiger partial charge in [-0.25, -0.2) is 0 Å². The lowest BCUT2D eigenvalue weighted by molar-refractivity contribution is 0.0951. The molecule has 0 radical (unpaired) electrons. The number of carbonyl (C=O) groups excluding carboxylic acids is 1. The van der Waals surface area contributed by atoms with Crippen LogP contribution in [-0.4, -0.2) is 33.8 Å². The Kier molecular flexibility index (Phi) is 5.91. The van der Waals surface area contributed by atoms with Crippen LogP contribution in [0.1, 0.15) is 22.5 Å². The molecule has 112 valence electrons. The van der Waals surface area contributed by atoms with Crippen LogP contribution in [0.3, 0.4) is 0 Å². The molecular formula is C13H15ClN4O2S. The number of rotatable bonds is 7. The first kappa shape index (κ1) is 15.7. The second-order valence-electron chi connectivity index (χ2n) is 4.26. The average Bonchev–Trinajstić information content (AvgIpc) is 2.91. The van der Waals surface area contributed by atoms with Crippen molar-refractivity contribution < 1.29 is 9.90 Å². The van der Waals surface area contributed by atoms with Gasteiger partial charge in [0.25, 0.3) is 5.91 Å². The summed E-state index contributed by atoms with van der Waals surface area (Å²) in [5, 5.41) is 18.5. The van der Waals surface area contributed by atoms with Gasteiger partial charge in [0.2, 0.25) is 0 Å². The summed E-state index contributed by atoms with van der Waals surface area (Å²) in [5.74, 6) is -0.151. The summed E-state index contributed by atoms with van der Waals surface area (Å²) >= 11 is 7.06. The number of hydrogen-bond acceptors (Lipinski definition) is 6. The van der Waals surface area contributed by atoms with Gasteiger partial charge in [0, 0.05) is 35.9 Å². The molecule has 2 aromatic rings. The molecule has 6 nitrogen and oxygen atoms in total. The van der Waals surface area contributed by atoms with Crippen LogP contribution in [0, 0.1) is 0 Å². The standard InChI is InChI=1S/C13H15ClN4O2S/c14-12-11(17-18-21-12)8-16-10-4-2-9(3-5-10)13(20)15-6-1-7-19/h2-5,16,19H,1,6-8H2,(H,15,20). The number of anilines is 1. The first-order valence-corrected chi connectivity index (χ1v) is 7.55. The zero-order valence-corrected chi connectivity index (χ0v) is 12.7. The third-order valence-corrected chi connectivity index (χ3v) is 3.72. The second kappa shape index (κ2) is 7.92. The van der Waals surface area contributed by atoms with Crippen molar-refractivity contribution in [2.75, 3.05) is 18.5 Å². The summed E-state index contributed by atoms with van der Waals surface area (Å²) in [5.41, 5.74) is 2.14. The predicted octanol–water partition coefficient (Wildman–Crippen LogP) is 1.92. The van der Waals surface area contributed by atoms with E-state index in [2.05, 4.69) is 20.2 Å². The number of aliphatic hydroxyl groups excluding tert-OH is 1. The third kappa shape index (κ3) is 4.66. The molecule has 8 heteroatoms. The molecule has 1 heterocycles. The smallest absolute Gasteiger partial charge is 0.251 e. The Bertz CT molecular complexity index is 588. The van der Waals surface area contributed by atoms with Crippen LogP contribution >= 0.6 is 23.1 Å². The Labute approximate surface area is 131 Å². The highest BCUT2D eigenvalue weighted by Gasteiger charge is 2.06. The molecule has 1 aromatic carbocycles. The van der Waals surface area contributed by atoms with Crippen LogP contribution in [0.5, 0.6) is 0 Å². The Morgan fingerprint density at radius 1 is 1.33 bits per heavy atom. The molecule has 2 rings (SSSR count). The lowest BCUT2D eigenvalue weighted by atomic mass is 10.2. The van der Waals surface area contributed by atoms with Gasteiger partial charge < -0.3 is 15.7 Å². The van der Waals surface area contributed by atoms with Crippen molar-refractivity contribution in [2.45, 2.75) is 13.0 Å². The van der Waals surface area contributed by atoms with Gasteiger partial charge in [0.1, 0.15) is 10.0 Å². The third-order valence-electron chi connectivity index (χ3n) is 2.74. The Hall–Kier alpha value is -1.70. The van der Waals surface area contributed by atoms with Gasteiger partial charge in [-0.3, -0.25) is 4.79 Å². The molecular weight excluding hydrogens is 312 g/mol. The van der Waals surface area contributed by atoms with E-state index in [1.165, 1.54) is 0 Å². The van der Waals surface area contributed by atoms with E-state index in [9.17, 15) is 4.79 Å². The van der Waals surface area contributed by atoms with Crippen molar-refractivity contribution in [3.05, 3.63) is 39.9 Å². The van der Waals surface area contributed by atoms with Crippen molar-refractivity contribution in [1.82, 2.24) is 14.9 Å². The normalized spacial score (nSPS) is 10.4. The SMILES string of the molecule is O=C(NCCCO)c1ccc(NCc2nnsc2Cl)cc1. The van der Waals surface area contributed by atoms with Crippen molar-refractivity contribution in [3.63, 3.8) is 0 Å². The lowest BCUT2D eigenvalue weighted by Crippen LogP contribution is -2.24. The summed E-state index contributed by atoms with van der Waals surface area (Å²) in [6.45, 7) is 1.01. The van der Waals surface area contributed by atoms with Crippen molar-refractivity contribution in [1.29, 1.82) is 0 Å². The molecule has 1 amide bonds. The Balaban J connectivity index is 1.87. The van der Waals surface area contributed by atoms with Gasteiger partial charge in [0.15, 0.2) is 0 Å². The van der Waals surface area contributed by atoms with Gasteiger partial charge in [0.05, 0.1) is 6.54 Å². The average molecular weight is 327 g/mol. The van der Waals surface area contributed by atoms with Crippen LogP contribution < -0.4 is 10.6 Å². The van der Waals surface area contributed by atoms with Crippen LogP contribution in [0.4, 0.5) is 5.69 Å². The molecule has 0 aliphatic rings. The molecule has 0 spiro atoms. The minimum absolute atomic E-state index is 0.0666. The van der Waals surface area contributed by atoms with Gasteiger partial charge in [-0.1, -0.05) is 16.1 Å². The molecule has 0 aliphatic heterocycles. The van der Waals surface area contributed by atoms with E-state index in [1.54, 1.807) is 12.1 Å². The highest BCUT2D eigenvalue weighted by molar-refractivity contribution is 7.10. The fraction of sp³-hybridized carbons (Fsp3) is 0.308. The maximum atomic E-state index is 11.8. The number of hydrogen-bond donors (Lipinski definition) is 3. The fourth-order valence-electron chi connectivity index (χ4n) is 1.61. The highest BCUT2D eigenvalue weighted by atomic mass is 35.5. The van der Waals surface area contributed by atoms with Gasteiger partial charge >= 0.3 is 0 Å². The van der Waals surface area contributed by atoms with E-state index in [4.69, 9.17) is 16.7 Å². The fourth-order valence-corrected chi connectivity index (χ4v) is 2.24. The number of halogens is 1. The number of nitrogens with zero attached hydrogens (tertiary/aromatic N) is 2. The quantitative estimate of drug-likeness (QED) is 0.677. The Morgan fingerprint density at radius 3 is 2.71 bits per heavy atom. The summed E-state index contributed by atoms with van der Waals surface area (Å²) < 4.78 is 4.33. The van der Waals surface area contributed by atoms with E-state index >= 15 is 0 Å². The zero-order valence-electron chi connectivity index (χ0n) is 11.2. The topological polar surface area (TPSA) is 87.1 Å². The zero-order chi connectivity index (χ0) is 15.1. The molecule has 0 atom stereocenters. The van der Waals surface area contributed by atoms with Crippen molar-refractivity contribution in [3.8, 4) is 0 Å². The Morgan fingerprint density at radius 2 is 2.10 bits per heavy atom. The van der Waals surface area contributed by atoms with Crippen LogP contribution in [0.15, 0.2) is 24.3 Å². The molecule has 1 aromatic heterocycles. The number of amides is 1. The maximum absolute atomic E-state index is 11.8. The van der Waals surface area contributed by atoms with E-state index < -0.39 is 0 Å². The molecule has 0 saturated heterocycles. The van der Waals surface area contributed by atoms with Gasteiger partial charge in [-0.15, -0.1) is 5.10 Å². The number of nitrogens with one attached hydrogen (secondary N) is 2. The van der Waals surface area contributed by atoms with Crippen molar-refractivity contribution >= 4 is 34.7 Å². The summed E-state index contributed by atoms with van der Waals surface area (Å²) in [6.07, 6.45) is 0.549. The van der Waals surface area contributed by atoms with Crippen LogP contribution in [0.25, 0.3) is 0 Å². The monoisotopic (exact) mass is 326 g/mol. The van der Waals surface area contributed by atoms with E-state index in [0.717, 1.165) is 17.2 Å². The molecule has 21 heavy (non-hydrogen) atoms. The number of aliphatic hydroxyl groups is 1. The van der Waals surface area contributed by atoms with Gasteiger partial charge in [-0.05, 0) is 30.7 Å². The molecule has 3 N–H and O–H groups in total. The van der Waals surface area contributed by atoms with E-state index in [1.807, 2.05) is 12.1 Å². The number of aromatic nitrogens is 2. The van der Waals surface area contributed by atoms with E-state index in [0.29, 0.717) is 35.1 Å². The number of benzene rings is 1. The van der Waals surface area contributed by atoms with E-state index in [-0.39, 0.29) is 12.5 Å². The van der Waals surface area contributed by atoms with Gasteiger partial charge in [-0.2, -0.15) is 0 Å². The molecule has 0 fully saturated rings.